The lowest BCUT2D eigenvalue weighted by Gasteiger charge is -2.23. The van der Waals surface area contributed by atoms with Crippen molar-refractivity contribution in [3.8, 4) is 0 Å². The lowest BCUT2D eigenvalue weighted by atomic mass is 9.92. The Hall–Kier alpha value is -1.09. The second-order valence-electron chi connectivity index (χ2n) is 3.63. The highest BCUT2D eigenvalue weighted by atomic mass is 16.1. The van der Waals surface area contributed by atoms with Gasteiger partial charge in [-0.1, -0.05) is 6.07 Å². The lowest BCUT2D eigenvalue weighted by Crippen LogP contribution is -2.27. The topological polar surface area (TPSA) is 48.0 Å². The minimum absolute atomic E-state index is 0.0628. The van der Waals surface area contributed by atoms with Crippen molar-refractivity contribution in [2.24, 2.45) is 12.8 Å². The first kappa shape index (κ1) is 8.51. The lowest BCUT2D eigenvalue weighted by molar-refractivity contribution is 0.539. The van der Waals surface area contributed by atoms with Crippen LogP contribution in [0.25, 0.3) is 0 Å². The number of nitrogens with two attached hydrogens (primary N) is 1. The first-order chi connectivity index (χ1) is 6.20. The Labute approximate surface area is 77.2 Å². The Kier molecular flexibility index (Phi) is 1.96. The average Bonchev–Trinajstić information content (AvgIpc) is 2.12. The van der Waals surface area contributed by atoms with E-state index in [4.69, 9.17) is 5.73 Å². The summed E-state index contributed by atoms with van der Waals surface area (Å²) in [6, 6.07) is 3.60. The second kappa shape index (κ2) is 3.00. The molecular formula is C10H14N2O. The maximum Gasteiger partial charge on any atom is 0.250 e. The molecule has 3 heteroatoms. The molecule has 1 aromatic heterocycles. The van der Waals surface area contributed by atoms with Gasteiger partial charge in [0.1, 0.15) is 0 Å². The van der Waals surface area contributed by atoms with E-state index in [0.717, 1.165) is 30.5 Å². The highest BCUT2D eigenvalue weighted by Gasteiger charge is 2.18. The van der Waals surface area contributed by atoms with E-state index in [-0.39, 0.29) is 11.6 Å². The Morgan fingerprint density at radius 2 is 2.31 bits per heavy atom. The zero-order valence-corrected chi connectivity index (χ0v) is 7.79. The number of pyridine rings is 1. The van der Waals surface area contributed by atoms with Gasteiger partial charge in [-0.2, -0.15) is 0 Å². The Balaban J connectivity index is 2.63. The van der Waals surface area contributed by atoms with Gasteiger partial charge in [-0.05, 0) is 24.8 Å². The average molecular weight is 178 g/mol. The third-order valence-corrected chi connectivity index (χ3v) is 2.80. The van der Waals surface area contributed by atoms with Gasteiger partial charge < -0.3 is 10.3 Å². The standard InChI is InChI=1S/C10H14N2O/c1-12-9-4-2-3-8(11)7(9)5-6-10(12)13/h5-6,8H,2-4,11H2,1H3. The van der Waals surface area contributed by atoms with E-state index in [1.807, 2.05) is 13.1 Å². The molecule has 1 aromatic rings. The molecule has 1 heterocycles. The van der Waals surface area contributed by atoms with E-state index in [2.05, 4.69) is 0 Å². The second-order valence-corrected chi connectivity index (χ2v) is 3.63. The Morgan fingerprint density at radius 3 is 3.08 bits per heavy atom. The number of hydrogen-bond donors (Lipinski definition) is 1. The monoisotopic (exact) mass is 178 g/mol. The molecule has 0 saturated heterocycles. The smallest absolute Gasteiger partial charge is 0.250 e. The van der Waals surface area contributed by atoms with Crippen molar-refractivity contribution in [1.82, 2.24) is 4.57 Å². The fourth-order valence-corrected chi connectivity index (χ4v) is 1.99. The van der Waals surface area contributed by atoms with Crippen molar-refractivity contribution in [2.45, 2.75) is 25.3 Å². The minimum atomic E-state index is 0.0628. The molecule has 70 valence electrons. The normalized spacial score (nSPS) is 21.2. The SMILES string of the molecule is Cn1c2c(ccc1=O)C(N)CCC2. The molecule has 1 aliphatic carbocycles. The van der Waals surface area contributed by atoms with Crippen molar-refractivity contribution in [3.63, 3.8) is 0 Å². The first-order valence-corrected chi connectivity index (χ1v) is 4.64. The molecule has 0 spiro atoms. The first-order valence-electron chi connectivity index (χ1n) is 4.64. The van der Waals surface area contributed by atoms with E-state index in [0.29, 0.717) is 0 Å². The van der Waals surface area contributed by atoms with Crippen LogP contribution in [0.1, 0.15) is 30.1 Å². The van der Waals surface area contributed by atoms with Crippen LogP contribution in [0.5, 0.6) is 0 Å². The van der Waals surface area contributed by atoms with Crippen LogP contribution < -0.4 is 11.3 Å². The molecule has 1 unspecified atom stereocenters. The zero-order valence-electron chi connectivity index (χ0n) is 7.79. The van der Waals surface area contributed by atoms with Gasteiger partial charge in [0.05, 0.1) is 0 Å². The third-order valence-electron chi connectivity index (χ3n) is 2.80. The fraction of sp³-hybridized carbons (Fsp3) is 0.500. The molecule has 0 saturated carbocycles. The maximum absolute atomic E-state index is 11.3. The van der Waals surface area contributed by atoms with E-state index < -0.39 is 0 Å². The van der Waals surface area contributed by atoms with Crippen LogP contribution in [0.15, 0.2) is 16.9 Å². The van der Waals surface area contributed by atoms with Crippen LogP contribution in [0.3, 0.4) is 0 Å². The third kappa shape index (κ3) is 1.29. The van der Waals surface area contributed by atoms with Gasteiger partial charge in [-0.3, -0.25) is 4.79 Å². The van der Waals surface area contributed by atoms with Crippen LogP contribution in [0, 0.1) is 0 Å². The number of nitrogens with zero attached hydrogens (tertiary/aromatic N) is 1. The van der Waals surface area contributed by atoms with Gasteiger partial charge in [-0.25, -0.2) is 0 Å². The van der Waals surface area contributed by atoms with Crippen molar-refractivity contribution < 1.29 is 0 Å². The summed E-state index contributed by atoms with van der Waals surface area (Å²) >= 11 is 0. The largest absolute Gasteiger partial charge is 0.324 e. The Morgan fingerprint density at radius 1 is 1.54 bits per heavy atom. The van der Waals surface area contributed by atoms with Gasteiger partial charge in [0, 0.05) is 24.8 Å². The Bertz CT molecular complexity index is 381. The van der Waals surface area contributed by atoms with E-state index >= 15 is 0 Å². The van der Waals surface area contributed by atoms with Gasteiger partial charge in [0.25, 0.3) is 0 Å². The molecule has 0 amide bonds. The fourth-order valence-electron chi connectivity index (χ4n) is 1.99. The van der Waals surface area contributed by atoms with Crippen molar-refractivity contribution in [2.75, 3.05) is 0 Å². The van der Waals surface area contributed by atoms with Gasteiger partial charge in [0.15, 0.2) is 0 Å². The molecule has 3 nitrogen and oxygen atoms in total. The molecular weight excluding hydrogens is 164 g/mol. The van der Waals surface area contributed by atoms with Crippen LogP contribution in [0.4, 0.5) is 0 Å². The summed E-state index contributed by atoms with van der Waals surface area (Å²) in [6.07, 6.45) is 3.10. The molecule has 2 rings (SSSR count). The van der Waals surface area contributed by atoms with E-state index in [9.17, 15) is 4.79 Å². The molecule has 13 heavy (non-hydrogen) atoms. The van der Waals surface area contributed by atoms with Crippen molar-refractivity contribution in [1.29, 1.82) is 0 Å². The highest BCUT2D eigenvalue weighted by Crippen LogP contribution is 2.25. The molecule has 0 aromatic carbocycles. The van der Waals surface area contributed by atoms with Gasteiger partial charge in [-0.15, -0.1) is 0 Å². The molecule has 0 bridgehead atoms. The number of fused-ring (bicyclic) bond motifs is 1. The number of rotatable bonds is 0. The predicted octanol–water partition coefficient (Wildman–Crippen LogP) is 0.721. The van der Waals surface area contributed by atoms with Crippen molar-refractivity contribution >= 4 is 0 Å². The molecule has 2 N–H and O–H groups in total. The summed E-state index contributed by atoms with van der Waals surface area (Å²) in [7, 11) is 1.82. The molecule has 0 aliphatic heterocycles. The van der Waals surface area contributed by atoms with Crippen LogP contribution in [-0.4, -0.2) is 4.57 Å². The molecule has 0 radical (unpaired) electrons. The maximum atomic E-state index is 11.3. The molecule has 1 aliphatic rings. The highest BCUT2D eigenvalue weighted by molar-refractivity contribution is 5.26. The molecule has 0 fully saturated rings. The predicted molar refractivity (Wildman–Crippen MR) is 51.5 cm³/mol. The summed E-state index contributed by atoms with van der Waals surface area (Å²) in [6.45, 7) is 0. The van der Waals surface area contributed by atoms with Crippen molar-refractivity contribution in [3.05, 3.63) is 33.7 Å². The minimum Gasteiger partial charge on any atom is -0.324 e. The summed E-state index contributed by atoms with van der Waals surface area (Å²) in [5.41, 5.74) is 8.28. The zero-order chi connectivity index (χ0) is 9.42. The molecule has 1 atom stereocenters. The summed E-state index contributed by atoms with van der Waals surface area (Å²) in [5, 5.41) is 0. The van der Waals surface area contributed by atoms with Crippen LogP contribution >= 0.6 is 0 Å². The van der Waals surface area contributed by atoms with Crippen LogP contribution in [-0.2, 0) is 13.5 Å². The summed E-state index contributed by atoms with van der Waals surface area (Å²) in [4.78, 5) is 11.3. The van der Waals surface area contributed by atoms with Gasteiger partial charge in [0.2, 0.25) is 5.56 Å². The summed E-state index contributed by atoms with van der Waals surface area (Å²) < 4.78 is 1.72. The van der Waals surface area contributed by atoms with E-state index in [1.165, 1.54) is 0 Å². The number of hydrogen-bond acceptors (Lipinski definition) is 2. The van der Waals surface area contributed by atoms with Crippen LogP contribution in [0.2, 0.25) is 0 Å². The summed E-state index contributed by atoms with van der Waals surface area (Å²) in [5.74, 6) is 0. The number of aromatic nitrogens is 1. The quantitative estimate of drug-likeness (QED) is 0.636. The van der Waals surface area contributed by atoms with Gasteiger partial charge >= 0.3 is 0 Å². The van der Waals surface area contributed by atoms with E-state index in [1.54, 1.807) is 10.6 Å².